The van der Waals surface area contributed by atoms with Crippen LogP contribution in [0.2, 0.25) is 0 Å². The summed E-state index contributed by atoms with van der Waals surface area (Å²) in [6, 6.07) is 0.254. The molecule has 1 heterocycles. The van der Waals surface area contributed by atoms with Crippen LogP contribution >= 0.6 is 0 Å². The van der Waals surface area contributed by atoms with Gasteiger partial charge in [-0.1, -0.05) is 12.8 Å². The zero-order chi connectivity index (χ0) is 10.5. The molecule has 1 unspecified atom stereocenters. The second-order valence-corrected chi connectivity index (χ2v) is 4.43. The van der Waals surface area contributed by atoms with Crippen LogP contribution in [0.3, 0.4) is 0 Å². The van der Waals surface area contributed by atoms with Crippen molar-refractivity contribution >= 4 is 0 Å². The minimum absolute atomic E-state index is 0.160. The van der Waals surface area contributed by atoms with Crippen molar-refractivity contribution in [2.24, 2.45) is 0 Å². The number of nitrogens with one attached hydrogen (secondary N) is 1. The number of hydrogen-bond acceptors (Lipinski definition) is 4. The van der Waals surface area contributed by atoms with E-state index in [2.05, 4.69) is 5.32 Å². The molecule has 0 radical (unpaired) electrons. The maximum Gasteiger partial charge on any atom is 0.0933 e. The van der Waals surface area contributed by atoms with Gasteiger partial charge in [0.15, 0.2) is 0 Å². The molecule has 0 aromatic heterocycles. The second-order valence-electron chi connectivity index (χ2n) is 4.43. The highest BCUT2D eigenvalue weighted by atomic mass is 16.6. The van der Waals surface area contributed by atoms with Gasteiger partial charge >= 0.3 is 0 Å². The Kier molecular flexibility index (Phi) is 4.38. The predicted octanol–water partition coefficient (Wildman–Crippen LogP) is 0.295. The minimum Gasteiger partial charge on any atom is -0.392 e. The summed E-state index contributed by atoms with van der Waals surface area (Å²) >= 11 is 0. The summed E-state index contributed by atoms with van der Waals surface area (Å²) in [5, 5.41) is 13.1. The van der Waals surface area contributed by atoms with Crippen molar-refractivity contribution in [1.29, 1.82) is 0 Å². The lowest BCUT2D eigenvalue weighted by atomic mass is 9.92. The SMILES string of the molecule is O[C@@H]1CCCC[C@H]1NCC1COCCO1. The Labute approximate surface area is 90.9 Å². The molecule has 0 spiro atoms. The van der Waals surface area contributed by atoms with Gasteiger partial charge in [0.1, 0.15) is 0 Å². The van der Waals surface area contributed by atoms with E-state index in [4.69, 9.17) is 9.47 Å². The van der Waals surface area contributed by atoms with E-state index in [0.717, 1.165) is 25.8 Å². The average molecular weight is 215 g/mol. The molecule has 1 saturated carbocycles. The molecule has 3 atom stereocenters. The normalized spacial score (nSPS) is 37.8. The molecule has 2 rings (SSSR count). The highest BCUT2D eigenvalue weighted by Gasteiger charge is 2.24. The van der Waals surface area contributed by atoms with E-state index in [1.165, 1.54) is 6.42 Å². The third-order valence-corrected chi connectivity index (χ3v) is 3.22. The maximum absolute atomic E-state index is 9.76. The first-order valence-electron chi connectivity index (χ1n) is 5.97. The number of aliphatic hydroxyl groups excluding tert-OH is 1. The molecule has 2 aliphatic rings. The Bertz CT molecular complexity index is 183. The summed E-state index contributed by atoms with van der Waals surface area (Å²) in [4.78, 5) is 0. The van der Waals surface area contributed by atoms with Crippen LogP contribution in [-0.2, 0) is 9.47 Å². The summed E-state index contributed by atoms with van der Waals surface area (Å²) in [5.74, 6) is 0. The van der Waals surface area contributed by atoms with Crippen molar-refractivity contribution < 1.29 is 14.6 Å². The van der Waals surface area contributed by atoms with Crippen molar-refractivity contribution in [3.8, 4) is 0 Å². The Morgan fingerprint density at radius 3 is 2.80 bits per heavy atom. The van der Waals surface area contributed by atoms with Crippen LogP contribution in [0.15, 0.2) is 0 Å². The Balaban J connectivity index is 1.67. The number of rotatable bonds is 3. The topological polar surface area (TPSA) is 50.7 Å². The fraction of sp³-hybridized carbons (Fsp3) is 1.00. The third-order valence-electron chi connectivity index (χ3n) is 3.22. The number of hydrogen-bond donors (Lipinski definition) is 2. The van der Waals surface area contributed by atoms with Gasteiger partial charge in [-0.05, 0) is 12.8 Å². The first kappa shape index (κ1) is 11.3. The first-order valence-corrected chi connectivity index (χ1v) is 5.97. The zero-order valence-electron chi connectivity index (χ0n) is 9.15. The highest BCUT2D eigenvalue weighted by molar-refractivity contribution is 4.81. The van der Waals surface area contributed by atoms with Crippen molar-refractivity contribution in [3.63, 3.8) is 0 Å². The van der Waals surface area contributed by atoms with Crippen LogP contribution < -0.4 is 5.32 Å². The molecule has 2 fully saturated rings. The molecule has 0 bridgehead atoms. The standard InChI is InChI=1S/C11H21NO3/c13-11-4-2-1-3-10(11)12-7-9-8-14-5-6-15-9/h9-13H,1-8H2/t9?,10-,11-/m1/s1. The Hall–Kier alpha value is -0.160. The van der Waals surface area contributed by atoms with E-state index in [-0.39, 0.29) is 18.2 Å². The molecule has 0 aromatic carbocycles. The smallest absolute Gasteiger partial charge is 0.0933 e. The van der Waals surface area contributed by atoms with E-state index >= 15 is 0 Å². The molecule has 0 amide bonds. The van der Waals surface area contributed by atoms with E-state index in [9.17, 15) is 5.11 Å². The third kappa shape index (κ3) is 3.41. The predicted molar refractivity (Wildman–Crippen MR) is 56.8 cm³/mol. The van der Waals surface area contributed by atoms with E-state index in [1.54, 1.807) is 0 Å². The fourth-order valence-corrected chi connectivity index (χ4v) is 2.29. The molecule has 4 heteroatoms. The molecule has 1 aliphatic heterocycles. The molecule has 1 aliphatic carbocycles. The van der Waals surface area contributed by atoms with Crippen LogP contribution in [-0.4, -0.2) is 49.7 Å². The molecular weight excluding hydrogens is 194 g/mol. The van der Waals surface area contributed by atoms with Gasteiger partial charge in [-0.15, -0.1) is 0 Å². The van der Waals surface area contributed by atoms with Crippen LogP contribution in [0.25, 0.3) is 0 Å². The highest BCUT2D eigenvalue weighted by Crippen LogP contribution is 2.18. The zero-order valence-corrected chi connectivity index (χ0v) is 9.15. The maximum atomic E-state index is 9.76. The molecule has 2 N–H and O–H groups in total. The van der Waals surface area contributed by atoms with E-state index < -0.39 is 0 Å². The van der Waals surface area contributed by atoms with Gasteiger partial charge in [-0.25, -0.2) is 0 Å². The van der Waals surface area contributed by atoms with Gasteiger partial charge < -0.3 is 19.9 Å². The fourth-order valence-electron chi connectivity index (χ4n) is 2.29. The van der Waals surface area contributed by atoms with Crippen LogP contribution in [0.1, 0.15) is 25.7 Å². The van der Waals surface area contributed by atoms with Gasteiger partial charge in [0, 0.05) is 12.6 Å². The molecular formula is C11H21NO3. The number of ether oxygens (including phenoxy) is 2. The Morgan fingerprint density at radius 2 is 2.07 bits per heavy atom. The average Bonchev–Trinajstić information content (AvgIpc) is 2.29. The van der Waals surface area contributed by atoms with Crippen molar-refractivity contribution in [2.45, 2.75) is 43.9 Å². The van der Waals surface area contributed by atoms with Crippen molar-refractivity contribution in [3.05, 3.63) is 0 Å². The van der Waals surface area contributed by atoms with E-state index in [1.807, 2.05) is 0 Å². The molecule has 1 saturated heterocycles. The molecule has 15 heavy (non-hydrogen) atoms. The quantitative estimate of drug-likeness (QED) is 0.710. The summed E-state index contributed by atoms with van der Waals surface area (Å²) in [7, 11) is 0. The molecule has 88 valence electrons. The van der Waals surface area contributed by atoms with Gasteiger partial charge in [0.25, 0.3) is 0 Å². The lowest BCUT2D eigenvalue weighted by molar-refractivity contribution is -0.0885. The second kappa shape index (κ2) is 5.80. The Morgan fingerprint density at radius 1 is 1.20 bits per heavy atom. The largest absolute Gasteiger partial charge is 0.392 e. The van der Waals surface area contributed by atoms with E-state index in [0.29, 0.717) is 19.8 Å². The van der Waals surface area contributed by atoms with Crippen molar-refractivity contribution in [2.75, 3.05) is 26.4 Å². The van der Waals surface area contributed by atoms with Gasteiger partial charge in [0.05, 0.1) is 32.0 Å². The van der Waals surface area contributed by atoms with Gasteiger partial charge in [-0.2, -0.15) is 0 Å². The summed E-state index contributed by atoms with van der Waals surface area (Å²) < 4.78 is 10.9. The summed E-state index contributed by atoms with van der Waals surface area (Å²) in [5.41, 5.74) is 0. The lowest BCUT2D eigenvalue weighted by Crippen LogP contribution is -2.47. The summed E-state index contributed by atoms with van der Waals surface area (Å²) in [6.45, 7) is 2.87. The minimum atomic E-state index is -0.178. The summed E-state index contributed by atoms with van der Waals surface area (Å²) in [6.07, 6.45) is 4.37. The first-order chi connectivity index (χ1) is 7.36. The molecule has 0 aromatic rings. The van der Waals surface area contributed by atoms with Gasteiger partial charge in [0.2, 0.25) is 0 Å². The van der Waals surface area contributed by atoms with Crippen LogP contribution in [0.5, 0.6) is 0 Å². The lowest BCUT2D eigenvalue weighted by Gasteiger charge is -2.31. The van der Waals surface area contributed by atoms with Gasteiger partial charge in [-0.3, -0.25) is 0 Å². The number of aliphatic hydroxyl groups is 1. The monoisotopic (exact) mass is 215 g/mol. The van der Waals surface area contributed by atoms with Crippen molar-refractivity contribution in [1.82, 2.24) is 5.32 Å². The molecule has 4 nitrogen and oxygen atoms in total. The van der Waals surface area contributed by atoms with Crippen LogP contribution in [0, 0.1) is 0 Å². The van der Waals surface area contributed by atoms with Crippen LogP contribution in [0.4, 0.5) is 0 Å².